The lowest BCUT2D eigenvalue weighted by atomic mass is 9.92. The molecule has 5 nitrogen and oxygen atoms in total. The lowest BCUT2D eigenvalue weighted by molar-refractivity contribution is -0.388. The summed E-state index contributed by atoms with van der Waals surface area (Å²) in [7, 11) is 0. The quantitative estimate of drug-likeness (QED) is 0.676. The van der Waals surface area contributed by atoms with Crippen LogP contribution in [0.3, 0.4) is 0 Å². The van der Waals surface area contributed by atoms with Gasteiger partial charge in [-0.1, -0.05) is 0 Å². The van der Waals surface area contributed by atoms with Gasteiger partial charge < -0.3 is 10.1 Å². The van der Waals surface area contributed by atoms with Crippen LogP contribution >= 0.6 is 0 Å². The van der Waals surface area contributed by atoms with E-state index in [4.69, 9.17) is 4.74 Å². The van der Waals surface area contributed by atoms with E-state index in [0.717, 1.165) is 25.0 Å². The predicted molar refractivity (Wildman–Crippen MR) is 74.7 cm³/mol. The Kier molecular flexibility index (Phi) is 4.90. The van der Waals surface area contributed by atoms with E-state index in [1.807, 2.05) is 6.92 Å². The minimum atomic E-state index is -4.76. The number of hydrogen-bond acceptors (Lipinski definition) is 4. The second-order valence-electron chi connectivity index (χ2n) is 5.37. The Hall–Kier alpha value is -1.83. The van der Waals surface area contributed by atoms with Crippen molar-refractivity contribution in [3.63, 3.8) is 0 Å². The Morgan fingerprint density at radius 2 is 2.00 bits per heavy atom. The van der Waals surface area contributed by atoms with Crippen LogP contribution in [0, 0.1) is 16.0 Å². The number of alkyl halides is 3. The van der Waals surface area contributed by atoms with E-state index >= 15 is 0 Å². The molecule has 0 bridgehead atoms. The number of nitro groups is 1. The van der Waals surface area contributed by atoms with Crippen LogP contribution in [0.15, 0.2) is 18.2 Å². The molecule has 1 fully saturated rings. The first kappa shape index (κ1) is 16.5. The summed E-state index contributed by atoms with van der Waals surface area (Å²) in [5, 5.41) is 13.7. The number of nitrogens with zero attached hydrogens (tertiary/aromatic N) is 1. The molecule has 0 spiro atoms. The topological polar surface area (TPSA) is 64.4 Å². The Morgan fingerprint density at radius 1 is 1.36 bits per heavy atom. The number of rotatable bonds is 4. The third-order valence-corrected chi connectivity index (χ3v) is 3.87. The van der Waals surface area contributed by atoms with Crippen molar-refractivity contribution in [2.45, 2.75) is 32.0 Å². The summed E-state index contributed by atoms with van der Waals surface area (Å²) in [5.41, 5.74) is -1.93. The van der Waals surface area contributed by atoms with Gasteiger partial charge in [0, 0.05) is 31.0 Å². The highest BCUT2D eigenvalue weighted by molar-refractivity contribution is 5.55. The molecule has 1 aromatic rings. The van der Waals surface area contributed by atoms with Crippen molar-refractivity contribution in [1.29, 1.82) is 0 Å². The molecular formula is C14H17F3N2O3. The van der Waals surface area contributed by atoms with E-state index < -0.39 is 22.4 Å². The molecule has 1 aliphatic rings. The van der Waals surface area contributed by atoms with Gasteiger partial charge in [-0.3, -0.25) is 10.1 Å². The molecule has 22 heavy (non-hydrogen) atoms. The summed E-state index contributed by atoms with van der Waals surface area (Å²) in [6, 6.07) is 2.96. The zero-order chi connectivity index (χ0) is 16.3. The van der Waals surface area contributed by atoms with Gasteiger partial charge in [-0.25, -0.2) is 0 Å². The Bertz CT molecular complexity index is 543. The number of anilines is 1. The summed E-state index contributed by atoms with van der Waals surface area (Å²) < 4.78 is 44.1. The molecule has 2 rings (SSSR count). The van der Waals surface area contributed by atoms with E-state index in [9.17, 15) is 23.3 Å². The third kappa shape index (κ3) is 3.88. The van der Waals surface area contributed by atoms with E-state index in [1.165, 1.54) is 6.07 Å². The van der Waals surface area contributed by atoms with E-state index in [2.05, 4.69) is 5.32 Å². The second kappa shape index (κ2) is 6.51. The van der Waals surface area contributed by atoms with Gasteiger partial charge in [-0.15, -0.1) is 0 Å². The molecule has 1 aromatic carbocycles. The first-order valence-electron chi connectivity index (χ1n) is 6.99. The summed E-state index contributed by atoms with van der Waals surface area (Å²) in [5.74, 6) is 0.304. The molecule has 1 unspecified atom stereocenters. The lowest BCUT2D eigenvalue weighted by Gasteiger charge is -2.29. The van der Waals surface area contributed by atoms with Crippen molar-refractivity contribution in [1.82, 2.24) is 0 Å². The maximum Gasteiger partial charge on any atom is 0.423 e. The number of hydrogen-bond donors (Lipinski definition) is 1. The molecule has 1 aliphatic heterocycles. The highest BCUT2D eigenvalue weighted by Gasteiger charge is 2.38. The van der Waals surface area contributed by atoms with Gasteiger partial charge in [0.2, 0.25) is 0 Å². The fourth-order valence-electron chi connectivity index (χ4n) is 2.61. The van der Waals surface area contributed by atoms with Gasteiger partial charge >= 0.3 is 6.18 Å². The smallest absolute Gasteiger partial charge is 0.382 e. The van der Waals surface area contributed by atoms with Gasteiger partial charge in [0.15, 0.2) is 0 Å². The maximum absolute atomic E-state index is 12.9. The summed E-state index contributed by atoms with van der Waals surface area (Å²) in [6.45, 7) is 3.18. The molecule has 8 heteroatoms. The van der Waals surface area contributed by atoms with Crippen LogP contribution in [-0.4, -0.2) is 24.2 Å². The van der Waals surface area contributed by atoms with Crippen LogP contribution in [0.1, 0.15) is 25.3 Å². The van der Waals surface area contributed by atoms with Crippen molar-refractivity contribution in [2.24, 2.45) is 5.92 Å². The Morgan fingerprint density at radius 3 is 2.55 bits per heavy atom. The van der Waals surface area contributed by atoms with Crippen LogP contribution in [0.5, 0.6) is 0 Å². The highest BCUT2D eigenvalue weighted by atomic mass is 19.4. The molecule has 0 saturated carbocycles. The standard InChI is InChI=1S/C14H17F3N2O3/c1-9(10-4-6-22-7-5-10)18-11-2-3-13(19(20)21)12(8-11)14(15,16)17/h2-3,8-10,18H,4-7H2,1H3. The molecular weight excluding hydrogens is 301 g/mol. The number of benzene rings is 1. The van der Waals surface area contributed by atoms with Crippen molar-refractivity contribution in [3.8, 4) is 0 Å². The highest BCUT2D eigenvalue weighted by Crippen LogP contribution is 2.38. The fraction of sp³-hybridized carbons (Fsp3) is 0.571. The van der Waals surface area contributed by atoms with Gasteiger partial charge in [-0.05, 0) is 37.8 Å². The second-order valence-corrected chi connectivity index (χ2v) is 5.37. The Labute approximate surface area is 125 Å². The van der Waals surface area contributed by atoms with Crippen LogP contribution < -0.4 is 5.32 Å². The molecule has 0 amide bonds. The number of nitro benzene ring substituents is 1. The average Bonchev–Trinajstić information content (AvgIpc) is 2.47. The predicted octanol–water partition coefficient (Wildman–Crippen LogP) is 3.84. The first-order valence-corrected chi connectivity index (χ1v) is 6.99. The maximum atomic E-state index is 12.9. The van der Waals surface area contributed by atoms with Gasteiger partial charge in [0.1, 0.15) is 5.56 Å². The third-order valence-electron chi connectivity index (χ3n) is 3.87. The average molecular weight is 318 g/mol. The van der Waals surface area contributed by atoms with Crippen LogP contribution in [-0.2, 0) is 10.9 Å². The minimum Gasteiger partial charge on any atom is -0.382 e. The first-order chi connectivity index (χ1) is 10.3. The summed E-state index contributed by atoms with van der Waals surface area (Å²) >= 11 is 0. The largest absolute Gasteiger partial charge is 0.423 e. The van der Waals surface area contributed by atoms with Gasteiger partial charge in [0.25, 0.3) is 5.69 Å². The molecule has 1 atom stereocenters. The normalized spacial score (nSPS) is 18.0. The zero-order valence-corrected chi connectivity index (χ0v) is 12.0. The SMILES string of the molecule is CC(Nc1ccc([N+](=O)[O-])c(C(F)(F)F)c1)C1CCOCC1. The molecule has 1 saturated heterocycles. The molecule has 0 aromatic heterocycles. The van der Waals surface area contributed by atoms with Crippen molar-refractivity contribution in [2.75, 3.05) is 18.5 Å². The molecule has 0 radical (unpaired) electrons. The molecule has 1 N–H and O–H groups in total. The summed E-state index contributed by atoms with van der Waals surface area (Å²) in [6.07, 6.45) is -3.08. The molecule has 0 aliphatic carbocycles. The number of nitrogens with one attached hydrogen (secondary N) is 1. The van der Waals surface area contributed by atoms with Crippen LogP contribution in [0.4, 0.5) is 24.5 Å². The lowest BCUT2D eigenvalue weighted by Crippen LogP contribution is -2.31. The summed E-state index contributed by atoms with van der Waals surface area (Å²) in [4.78, 5) is 9.70. The van der Waals surface area contributed by atoms with Crippen LogP contribution in [0.2, 0.25) is 0 Å². The fourth-order valence-corrected chi connectivity index (χ4v) is 2.61. The molecule has 122 valence electrons. The zero-order valence-electron chi connectivity index (χ0n) is 12.0. The number of ether oxygens (including phenoxy) is 1. The monoisotopic (exact) mass is 318 g/mol. The Balaban J connectivity index is 2.19. The molecule has 1 heterocycles. The number of halogens is 3. The van der Waals surface area contributed by atoms with Crippen molar-refractivity contribution < 1.29 is 22.8 Å². The van der Waals surface area contributed by atoms with Gasteiger partial charge in [-0.2, -0.15) is 13.2 Å². The van der Waals surface area contributed by atoms with Crippen molar-refractivity contribution in [3.05, 3.63) is 33.9 Å². The van der Waals surface area contributed by atoms with E-state index in [0.29, 0.717) is 19.1 Å². The van der Waals surface area contributed by atoms with E-state index in [1.54, 1.807) is 0 Å². The van der Waals surface area contributed by atoms with E-state index in [-0.39, 0.29) is 11.7 Å². The minimum absolute atomic E-state index is 0.0357. The van der Waals surface area contributed by atoms with Crippen molar-refractivity contribution >= 4 is 11.4 Å². The van der Waals surface area contributed by atoms with Gasteiger partial charge in [0.05, 0.1) is 4.92 Å². The van der Waals surface area contributed by atoms with Crippen LogP contribution in [0.25, 0.3) is 0 Å².